The number of hydrogen-bond acceptors (Lipinski definition) is 5. The van der Waals surface area contributed by atoms with Gasteiger partial charge in [0, 0.05) is 17.1 Å². The van der Waals surface area contributed by atoms with Crippen LogP contribution in [0.1, 0.15) is 18.5 Å². The third-order valence-electron chi connectivity index (χ3n) is 4.76. The molecule has 0 amide bonds. The third kappa shape index (κ3) is 3.78. The van der Waals surface area contributed by atoms with Crippen LogP contribution in [0.2, 0.25) is 0 Å². The largest absolute Gasteiger partial charge is 0.452 e. The number of ether oxygens (including phenoxy) is 1. The molecule has 0 fully saturated rings. The van der Waals surface area contributed by atoms with Crippen LogP contribution in [-0.2, 0) is 0 Å². The Morgan fingerprint density at radius 3 is 1.86 bits per heavy atom. The van der Waals surface area contributed by atoms with E-state index in [-0.39, 0.29) is 12.1 Å². The van der Waals surface area contributed by atoms with Gasteiger partial charge in [0.05, 0.1) is 13.2 Å². The number of benzene rings is 3. The normalized spacial score (nSPS) is 11.8. The van der Waals surface area contributed by atoms with E-state index in [2.05, 4.69) is 34.3 Å². The highest BCUT2D eigenvalue weighted by molar-refractivity contribution is 5.76. The van der Waals surface area contributed by atoms with Crippen LogP contribution in [0.25, 0.3) is 0 Å². The molecule has 6 nitrogen and oxygen atoms in total. The average molecular weight is 387 g/mol. The second-order valence-corrected chi connectivity index (χ2v) is 6.56. The molecule has 0 aliphatic heterocycles. The van der Waals surface area contributed by atoms with Gasteiger partial charge in [-0.3, -0.25) is 0 Å². The topological polar surface area (TPSA) is 60.5 Å². The molecule has 6 heteroatoms. The van der Waals surface area contributed by atoms with Gasteiger partial charge < -0.3 is 14.1 Å². The molecule has 1 aromatic heterocycles. The number of hydrogen-bond donors (Lipinski definition) is 0. The Morgan fingerprint density at radius 2 is 1.38 bits per heavy atom. The molecule has 4 aromatic rings. The van der Waals surface area contributed by atoms with Crippen molar-refractivity contribution in [1.29, 1.82) is 0 Å². The highest BCUT2D eigenvalue weighted by atomic mass is 16.6. The smallest absolute Gasteiger partial charge is 0.440 e. The summed E-state index contributed by atoms with van der Waals surface area (Å²) >= 11 is 0. The molecule has 0 N–H and O–H groups in total. The van der Waals surface area contributed by atoms with E-state index in [1.165, 1.54) is 11.8 Å². The summed E-state index contributed by atoms with van der Waals surface area (Å²) in [5, 5.41) is 4.06. The molecule has 0 aliphatic rings. The van der Waals surface area contributed by atoms with E-state index in [0.717, 1.165) is 22.6 Å². The van der Waals surface area contributed by atoms with Crippen molar-refractivity contribution >= 4 is 17.1 Å². The number of methoxy groups -OCH3 is 1. The zero-order valence-electron chi connectivity index (χ0n) is 16.2. The van der Waals surface area contributed by atoms with Crippen LogP contribution < -0.4 is 15.4 Å². The van der Waals surface area contributed by atoms with Crippen molar-refractivity contribution in [1.82, 2.24) is 9.78 Å². The van der Waals surface area contributed by atoms with Crippen LogP contribution in [0.4, 0.5) is 17.1 Å². The predicted octanol–water partition coefficient (Wildman–Crippen LogP) is 4.92. The van der Waals surface area contributed by atoms with Crippen LogP contribution >= 0.6 is 0 Å². The first kappa shape index (κ1) is 18.6. The lowest BCUT2D eigenvalue weighted by Crippen LogP contribution is -2.21. The maximum atomic E-state index is 12.0. The first-order chi connectivity index (χ1) is 14.2. The molecule has 3 aromatic carbocycles. The van der Waals surface area contributed by atoms with Crippen molar-refractivity contribution in [3.8, 4) is 6.08 Å². The first-order valence-corrected chi connectivity index (χ1v) is 9.31. The molecular formula is C23H21N3O3. The highest BCUT2D eigenvalue weighted by Gasteiger charge is 2.17. The van der Waals surface area contributed by atoms with Gasteiger partial charge in [-0.25, -0.2) is 4.79 Å². The van der Waals surface area contributed by atoms with Crippen LogP contribution in [0.5, 0.6) is 6.08 Å². The SMILES string of the molecule is COc1nn([C@@H](C)c2ccc(N(c3ccccc3)c3ccccc3)cc2)c(=O)o1. The molecular weight excluding hydrogens is 366 g/mol. The quantitative estimate of drug-likeness (QED) is 0.470. The van der Waals surface area contributed by atoms with Gasteiger partial charge >= 0.3 is 11.8 Å². The summed E-state index contributed by atoms with van der Waals surface area (Å²) in [7, 11) is 1.41. The second-order valence-electron chi connectivity index (χ2n) is 6.56. The molecule has 0 saturated heterocycles. The van der Waals surface area contributed by atoms with Gasteiger partial charge in [-0.2, -0.15) is 4.68 Å². The van der Waals surface area contributed by atoms with Crippen molar-refractivity contribution in [2.75, 3.05) is 12.0 Å². The Labute approximate surface area is 168 Å². The summed E-state index contributed by atoms with van der Waals surface area (Å²) in [6.07, 6.45) is -0.0437. The monoisotopic (exact) mass is 387 g/mol. The Kier molecular flexibility index (Phi) is 5.16. The van der Waals surface area contributed by atoms with Gasteiger partial charge in [0.1, 0.15) is 0 Å². The van der Waals surface area contributed by atoms with Gasteiger partial charge in [0.2, 0.25) is 0 Å². The maximum Gasteiger partial charge on any atom is 0.440 e. The number of anilines is 3. The summed E-state index contributed by atoms with van der Waals surface area (Å²) in [4.78, 5) is 14.2. The van der Waals surface area contributed by atoms with E-state index in [9.17, 15) is 4.79 Å². The van der Waals surface area contributed by atoms with Gasteiger partial charge in [-0.1, -0.05) is 53.6 Å². The van der Waals surface area contributed by atoms with E-state index in [1.54, 1.807) is 0 Å². The number of para-hydroxylation sites is 2. The predicted molar refractivity (Wildman–Crippen MR) is 112 cm³/mol. The van der Waals surface area contributed by atoms with Gasteiger partial charge in [-0.15, -0.1) is 0 Å². The Bertz CT molecular complexity index is 1080. The minimum Gasteiger partial charge on any atom is -0.452 e. The minimum absolute atomic E-state index is 0.0437. The van der Waals surface area contributed by atoms with Crippen molar-refractivity contribution in [3.63, 3.8) is 0 Å². The molecule has 1 atom stereocenters. The van der Waals surface area contributed by atoms with Gasteiger partial charge in [0.15, 0.2) is 0 Å². The van der Waals surface area contributed by atoms with E-state index in [0.29, 0.717) is 0 Å². The second kappa shape index (κ2) is 8.06. The Hall–Kier alpha value is -3.80. The lowest BCUT2D eigenvalue weighted by molar-refractivity contribution is 0.282. The summed E-state index contributed by atoms with van der Waals surface area (Å²) < 4.78 is 11.1. The Morgan fingerprint density at radius 1 is 0.862 bits per heavy atom. The van der Waals surface area contributed by atoms with Crippen molar-refractivity contribution in [3.05, 3.63) is 101 Å². The standard InChI is InChI=1S/C23H21N3O3/c1-17(26-23(27)29-22(24-26)28-2)18-13-15-21(16-14-18)25(19-9-5-3-6-10-19)20-11-7-4-8-12-20/h3-17H,1-2H3/t17-/m0/s1. The first-order valence-electron chi connectivity index (χ1n) is 9.31. The summed E-state index contributed by atoms with van der Waals surface area (Å²) in [5.74, 6) is -0.548. The fourth-order valence-corrected chi connectivity index (χ4v) is 3.24. The van der Waals surface area contributed by atoms with E-state index >= 15 is 0 Å². The number of aromatic nitrogens is 2. The van der Waals surface area contributed by atoms with Crippen LogP contribution in [-0.4, -0.2) is 16.9 Å². The lowest BCUT2D eigenvalue weighted by atomic mass is 10.1. The van der Waals surface area contributed by atoms with E-state index < -0.39 is 5.76 Å². The molecule has 0 bridgehead atoms. The molecule has 0 aliphatic carbocycles. The van der Waals surface area contributed by atoms with Crippen LogP contribution in [0, 0.1) is 0 Å². The molecule has 0 saturated carbocycles. The zero-order chi connectivity index (χ0) is 20.2. The summed E-state index contributed by atoms with van der Waals surface area (Å²) in [6.45, 7) is 1.89. The van der Waals surface area contributed by atoms with E-state index in [1.807, 2.05) is 67.6 Å². The molecule has 146 valence electrons. The minimum atomic E-state index is -0.548. The fraction of sp³-hybridized carbons (Fsp3) is 0.130. The maximum absolute atomic E-state index is 12.0. The fourth-order valence-electron chi connectivity index (χ4n) is 3.24. The molecule has 4 rings (SSSR count). The third-order valence-corrected chi connectivity index (χ3v) is 4.76. The molecule has 1 heterocycles. The summed E-state index contributed by atoms with van der Waals surface area (Å²) in [5.41, 5.74) is 4.09. The lowest BCUT2D eigenvalue weighted by Gasteiger charge is -2.25. The van der Waals surface area contributed by atoms with Crippen molar-refractivity contribution in [2.45, 2.75) is 13.0 Å². The molecule has 0 radical (unpaired) electrons. The van der Waals surface area contributed by atoms with Crippen molar-refractivity contribution < 1.29 is 9.15 Å². The molecule has 0 spiro atoms. The van der Waals surface area contributed by atoms with Gasteiger partial charge in [-0.05, 0) is 48.9 Å². The van der Waals surface area contributed by atoms with Gasteiger partial charge in [0.25, 0.3) is 0 Å². The van der Waals surface area contributed by atoms with Crippen LogP contribution in [0.15, 0.2) is 94.1 Å². The number of rotatable bonds is 6. The summed E-state index contributed by atoms with van der Waals surface area (Å²) in [6, 6.07) is 28.1. The molecule has 0 unspecified atom stereocenters. The van der Waals surface area contributed by atoms with Crippen molar-refractivity contribution in [2.24, 2.45) is 0 Å². The average Bonchev–Trinajstić information content (AvgIpc) is 3.16. The van der Waals surface area contributed by atoms with Crippen LogP contribution in [0.3, 0.4) is 0 Å². The molecule has 29 heavy (non-hydrogen) atoms. The highest BCUT2D eigenvalue weighted by Crippen LogP contribution is 2.34. The number of nitrogens with zero attached hydrogens (tertiary/aromatic N) is 3. The van der Waals surface area contributed by atoms with E-state index in [4.69, 9.17) is 9.15 Å². The Balaban J connectivity index is 1.69. The zero-order valence-corrected chi connectivity index (χ0v) is 16.2.